The van der Waals surface area contributed by atoms with Crippen LogP contribution in [0.15, 0.2) is 23.1 Å². The van der Waals surface area contributed by atoms with Gasteiger partial charge < -0.3 is 10.1 Å². The Morgan fingerprint density at radius 2 is 2.00 bits per heavy atom. The van der Waals surface area contributed by atoms with Crippen molar-refractivity contribution in [2.45, 2.75) is 43.5 Å². The summed E-state index contributed by atoms with van der Waals surface area (Å²) in [5.74, 6) is 0.266. The first-order valence-electron chi connectivity index (χ1n) is 7.39. The third-order valence-electron chi connectivity index (χ3n) is 3.77. The molecule has 0 aromatic heterocycles. The van der Waals surface area contributed by atoms with Gasteiger partial charge in [0.25, 0.3) is 5.91 Å². The number of hydrogen-bond donors (Lipinski definition) is 2. The van der Waals surface area contributed by atoms with Gasteiger partial charge in [0.05, 0.1) is 4.90 Å². The van der Waals surface area contributed by atoms with Crippen molar-refractivity contribution < 1.29 is 17.9 Å². The zero-order chi connectivity index (χ0) is 16.2. The Bertz CT molecular complexity index is 637. The summed E-state index contributed by atoms with van der Waals surface area (Å²) in [6.45, 7) is 1.66. The number of benzene rings is 1. The third-order valence-corrected chi connectivity index (χ3v) is 5.29. The minimum atomic E-state index is -3.50. The molecule has 1 fully saturated rings. The van der Waals surface area contributed by atoms with Crippen LogP contribution in [0.3, 0.4) is 0 Å². The number of hydrogen-bond acceptors (Lipinski definition) is 4. The molecule has 1 aliphatic carbocycles. The maximum absolute atomic E-state index is 12.3. The first-order valence-corrected chi connectivity index (χ1v) is 8.87. The Hall–Kier alpha value is -1.60. The van der Waals surface area contributed by atoms with Crippen molar-refractivity contribution >= 4 is 15.9 Å². The minimum absolute atomic E-state index is 0.0366. The molecule has 1 saturated carbocycles. The lowest BCUT2D eigenvalue weighted by Gasteiger charge is -2.14. The molecule has 0 spiro atoms. The number of nitrogens with one attached hydrogen (secondary N) is 2. The molecule has 2 N–H and O–H groups in total. The highest BCUT2D eigenvalue weighted by molar-refractivity contribution is 7.89. The lowest BCUT2D eigenvalue weighted by atomic mass is 10.2. The monoisotopic (exact) mass is 326 g/mol. The summed E-state index contributed by atoms with van der Waals surface area (Å²) < 4.78 is 32.8. The second kappa shape index (κ2) is 7.11. The van der Waals surface area contributed by atoms with Crippen molar-refractivity contribution in [3.63, 3.8) is 0 Å². The summed E-state index contributed by atoms with van der Waals surface area (Å²) in [5, 5.41) is 2.46. The quantitative estimate of drug-likeness (QED) is 0.826. The summed E-state index contributed by atoms with van der Waals surface area (Å²) in [6.07, 6.45) is 3.92. The molecule has 0 bridgehead atoms. The van der Waals surface area contributed by atoms with E-state index in [4.69, 9.17) is 4.74 Å². The summed E-state index contributed by atoms with van der Waals surface area (Å²) in [7, 11) is -1.97. The number of carbonyl (C=O) groups excluding carboxylic acids is 1. The maximum atomic E-state index is 12.3. The maximum Gasteiger partial charge on any atom is 0.257 e. The summed E-state index contributed by atoms with van der Waals surface area (Å²) in [6, 6.07) is 4.69. The van der Waals surface area contributed by atoms with Gasteiger partial charge in [-0.15, -0.1) is 0 Å². The van der Waals surface area contributed by atoms with Crippen LogP contribution in [0, 0.1) is 6.92 Å². The molecule has 0 atom stereocenters. The molecule has 2 rings (SSSR count). The van der Waals surface area contributed by atoms with Gasteiger partial charge in [-0.2, -0.15) is 0 Å². The van der Waals surface area contributed by atoms with Gasteiger partial charge in [0.1, 0.15) is 5.75 Å². The average molecular weight is 326 g/mol. The molecule has 6 nitrogen and oxygen atoms in total. The molecule has 122 valence electrons. The number of rotatable bonds is 6. The molecule has 0 saturated heterocycles. The predicted molar refractivity (Wildman–Crippen MR) is 83.3 cm³/mol. The number of aryl methyl sites for hydroxylation is 1. The first kappa shape index (κ1) is 16.8. The van der Waals surface area contributed by atoms with E-state index in [0.717, 1.165) is 25.7 Å². The van der Waals surface area contributed by atoms with E-state index in [9.17, 15) is 13.2 Å². The number of ether oxygens (including phenoxy) is 1. The van der Waals surface area contributed by atoms with Crippen molar-refractivity contribution in [1.82, 2.24) is 10.0 Å². The Morgan fingerprint density at radius 3 is 2.59 bits per heavy atom. The summed E-state index contributed by atoms with van der Waals surface area (Å²) in [4.78, 5) is 11.4. The highest BCUT2D eigenvalue weighted by Gasteiger charge is 2.23. The lowest BCUT2D eigenvalue weighted by molar-refractivity contribution is -0.122. The van der Waals surface area contributed by atoms with Crippen molar-refractivity contribution in [3.05, 3.63) is 23.8 Å². The van der Waals surface area contributed by atoms with Gasteiger partial charge in [-0.1, -0.05) is 12.8 Å². The predicted octanol–water partition coefficient (Wildman–Crippen LogP) is 1.34. The largest absolute Gasteiger partial charge is 0.484 e. The molecular formula is C15H22N2O4S. The van der Waals surface area contributed by atoms with Crippen molar-refractivity contribution in [2.24, 2.45) is 0 Å². The van der Waals surface area contributed by atoms with E-state index < -0.39 is 10.0 Å². The van der Waals surface area contributed by atoms with E-state index in [1.54, 1.807) is 19.1 Å². The second-order valence-corrected chi connectivity index (χ2v) is 7.21. The van der Waals surface area contributed by atoms with Crippen LogP contribution in [-0.4, -0.2) is 34.0 Å². The second-order valence-electron chi connectivity index (χ2n) is 5.49. The third kappa shape index (κ3) is 4.20. The van der Waals surface area contributed by atoms with Crippen LogP contribution in [-0.2, 0) is 14.8 Å². The Labute approximate surface area is 131 Å². The van der Waals surface area contributed by atoms with Crippen LogP contribution in [0.25, 0.3) is 0 Å². The highest BCUT2D eigenvalue weighted by Crippen LogP contribution is 2.24. The van der Waals surface area contributed by atoms with Gasteiger partial charge >= 0.3 is 0 Å². The SMILES string of the molecule is CNC(=O)COc1ccc(S(=O)(=O)NC2CCCC2)cc1C. The van der Waals surface area contributed by atoms with E-state index in [1.807, 2.05) is 0 Å². The van der Waals surface area contributed by atoms with Crippen LogP contribution in [0.4, 0.5) is 0 Å². The van der Waals surface area contributed by atoms with Crippen LogP contribution < -0.4 is 14.8 Å². The molecule has 22 heavy (non-hydrogen) atoms. The first-order chi connectivity index (χ1) is 10.4. The molecule has 1 aliphatic rings. The molecule has 7 heteroatoms. The van der Waals surface area contributed by atoms with Crippen LogP contribution in [0.5, 0.6) is 5.75 Å². The Morgan fingerprint density at radius 1 is 1.32 bits per heavy atom. The Kier molecular flexibility index (Phi) is 5.42. The topological polar surface area (TPSA) is 84.5 Å². The zero-order valence-electron chi connectivity index (χ0n) is 12.9. The van der Waals surface area contributed by atoms with Crippen molar-refractivity contribution in [1.29, 1.82) is 0 Å². The van der Waals surface area contributed by atoms with Gasteiger partial charge in [0.2, 0.25) is 10.0 Å². The minimum Gasteiger partial charge on any atom is -0.484 e. The van der Waals surface area contributed by atoms with Crippen LogP contribution in [0.1, 0.15) is 31.2 Å². The van der Waals surface area contributed by atoms with Crippen LogP contribution in [0.2, 0.25) is 0 Å². The van der Waals surface area contributed by atoms with Crippen molar-refractivity contribution in [3.8, 4) is 5.75 Å². The fraction of sp³-hybridized carbons (Fsp3) is 0.533. The molecule has 1 amide bonds. The molecule has 0 radical (unpaired) electrons. The number of carbonyl (C=O) groups is 1. The number of sulfonamides is 1. The summed E-state index contributed by atoms with van der Waals surface area (Å²) in [5.41, 5.74) is 0.679. The van der Waals surface area contributed by atoms with Crippen LogP contribution >= 0.6 is 0 Å². The highest BCUT2D eigenvalue weighted by atomic mass is 32.2. The van der Waals surface area contributed by atoms with Gasteiger partial charge in [-0.3, -0.25) is 4.79 Å². The van der Waals surface area contributed by atoms with E-state index in [2.05, 4.69) is 10.0 Å². The zero-order valence-corrected chi connectivity index (χ0v) is 13.7. The summed E-state index contributed by atoms with van der Waals surface area (Å²) >= 11 is 0. The average Bonchev–Trinajstić information content (AvgIpc) is 2.97. The van der Waals surface area contributed by atoms with E-state index in [-0.39, 0.29) is 23.5 Å². The van der Waals surface area contributed by atoms with Gasteiger partial charge in [0, 0.05) is 13.1 Å². The molecule has 1 aromatic carbocycles. The van der Waals surface area contributed by atoms with E-state index in [0.29, 0.717) is 11.3 Å². The van der Waals surface area contributed by atoms with Gasteiger partial charge in [-0.25, -0.2) is 13.1 Å². The van der Waals surface area contributed by atoms with Gasteiger partial charge in [-0.05, 0) is 43.5 Å². The lowest BCUT2D eigenvalue weighted by Crippen LogP contribution is -2.32. The molecule has 0 heterocycles. The van der Waals surface area contributed by atoms with Crippen molar-refractivity contribution in [2.75, 3.05) is 13.7 Å². The molecular weight excluding hydrogens is 304 g/mol. The smallest absolute Gasteiger partial charge is 0.257 e. The fourth-order valence-corrected chi connectivity index (χ4v) is 3.89. The standard InChI is InChI=1S/C15H22N2O4S/c1-11-9-13(7-8-14(11)21-10-15(18)16-2)22(19,20)17-12-5-3-4-6-12/h7-9,12,17H,3-6,10H2,1-2H3,(H,16,18). The van der Waals surface area contributed by atoms with Gasteiger partial charge in [0.15, 0.2) is 6.61 Å². The molecule has 0 aliphatic heterocycles. The number of amides is 1. The van der Waals surface area contributed by atoms with E-state index in [1.165, 1.54) is 13.1 Å². The molecule has 1 aromatic rings. The fourth-order valence-electron chi connectivity index (χ4n) is 2.50. The van der Waals surface area contributed by atoms with E-state index >= 15 is 0 Å². The Balaban J connectivity index is 2.08. The molecule has 0 unspecified atom stereocenters. The normalized spacial score (nSPS) is 15.7. The number of likely N-dealkylation sites (N-methyl/N-ethyl adjacent to an activating group) is 1.